The summed E-state index contributed by atoms with van der Waals surface area (Å²) in [5, 5.41) is 5.63. The van der Waals surface area contributed by atoms with Crippen LogP contribution in [0.15, 0.2) is 84.9 Å². The summed E-state index contributed by atoms with van der Waals surface area (Å²) in [6.07, 6.45) is 0.966. The lowest BCUT2D eigenvalue weighted by Crippen LogP contribution is -2.54. The number of fused-ring (bicyclic) bond motifs is 2. The van der Waals surface area contributed by atoms with Gasteiger partial charge in [-0.2, -0.15) is 0 Å². The fraction of sp³-hybridized carbons (Fsp3) is 0.267. The van der Waals surface area contributed by atoms with Gasteiger partial charge < -0.3 is 24.4 Å². The highest BCUT2D eigenvalue weighted by Crippen LogP contribution is 2.37. The molecule has 1 aromatic heterocycles. The first-order valence-corrected chi connectivity index (χ1v) is 20.4. The van der Waals surface area contributed by atoms with Gasteiger partial charge in [0.15, 0.2) is 5.13 Å². The van der Waals surface area contributed by atoms with Crippen LogP contribution in [0, 0.1) is 13.8 Å². The van der Waals surface area contributed by atoms with Crippen LogP contribution in [0.25, 0.3) is 11.3 Å². The van der Waals surface area contributed by atoms with Crippen LogP contribution in [0.3, 0.4) is 0 Å². The number of nitrogens with one attached hydrogen (secondary N) is 2. The smallest absolute Gasteiger partial charge is 0.266 e. The Hall–Kier alpha value is -6.71. The van der Waals surface area contributed by atoms with E-state index in [1.54, 1.807) is 24.3 Å². The summed E-state index contributed by atoms with van der Waals surface area (Å²) in [7, 11) is 0. The van der Waals surface area contributed by atoms with E-state index < -0.39 is 29.7 Å². The number of nitrogens with zero attached hydrogens (tertiary/aromatic N) is 3. The Balaban J connectivity index is 0.784. The molecule has 2 N–H and O–H groups in total. The van der Waals surface area contributed by atoms with Crippen LogP contribution >= 0.6 is 11.3 Å². The van der Waals surface area contributed by atoms with E-state index in [1.165, 1.54) is 17.4 Å². The molecule has 5 aromatic rings. The van der Waals surface area contributed by atoms with Crippen LogP contribution in [0.2, 0.25) is 0 Å². The number of thiazole rings is 1. The summed E-state index contributed by atoms with van der Waals surface area (Å²) in [5.41, 5.74) is 6.34. The van der Waals surface area contributed by atoms with Gasteiger partial charge in [-0.05, 0) is 85.8 Å². The first-order valence-electron chi connectivity index (χ1n) is 19.6. The van der Waals surface area contributed by atoms with Gasteiger partial charge in [0.05, 0.1) is 36.5 Å². The molecule has 3 aliphatic rings. The van der Waals surface area contributed by atoms with E-state index in [2.05, 4.69) is 16.7 Å². The van der Waals surface area contributed by atoms with E-state index in [9.17, 15) is 28.8 Å². The molecule has 6 amide bonds. The number of piperidine rings is 1. The maximum absolute atomic E-state index is 13.3. The molecule has 0 radical (unpaired) electrons. The van der Waals surface area contributed by atoms with E-state index in [0.29, 0.717) is 23.0 Å². The number of amides is 6. The van der Waals surface area contributed by atoms with Crippen LogP contribution in [0.1, 0.15) is 65.5 Å². The van der Waals surface area contributed by atoms with Crippen LogP contribution in [-0.2, 0) is 32.0 Å². The topological polar surface area (TPSA) is 174 Å². The van der Waals surface area contributed by atoms with Gasteiger partial charge in [-0.1, -0.05) is 42.5 Å². The molecular formula is C45H41N5O9S. The Morgan fingerprint density at radius 3 is 2.48 bits per heavy atom. The normalized spacial score (nSPS) is 15.8. The van der Waals surface area contributed by atoms with Crippen molar-refractivity contribution >= 4 is 57.6 Å². The third kappa shape index (κ3) is 8.26. The van der Waals surface area contributed by atoms with Gasteiger partial charge in [0.25, 0.3) is 17.7 Å². The van der Waals surface area contributed by atoms with E-state index in [4.69, 9.17) is 19.2 Å². The molecule has 8 rings (SSSR count). The van der Waals surface area contributed by atoms with Crippen molar-refractivity contribution in [3.05, 3.63) is 123 Å². The molecule has 4 heterocycles. The van der Waals surface area contributed by atoms with Gasteiger partial charge in [0, 0.05) is 34.7 Å². The van der Waals surface area contributed by atoms with Crippen LogP contribution < -0.4 is 25.0 Å². The van der Waals surface area contributed by atoms with Gasteiger partial charge in [0.1, 0.15) is 30.8 Å². The number of aryl methyl sites for hydroxylation is 2. The quantitative estimate of drug-likeness (QED) is 0.105. The summed E-state index contributed by atoms with van der Waals surface area (Å²) in [4.78, 5) is 85.2. The predicted molar refractivity (Wildman–Crippen MR) is 223 cm³/mol. The van der Waals surface area contributed by atoms with Crippen molar-refractivity contribution in [2.24, 2.45) is 0 Å². The van der Waals surface area contributed by atoms with E-state index in [-0.39, 0.29) is 74.4 Å². The van der Waals surface area contributed by atoms with Crippen molar-refractivity contribution in [1.29, 1.82) is 0 Å². The first-order chi connectivity index (χ1) is 29.0. The number of ether oxygens (including phenoxy) is 3. The zero-order chi connectivity index (χ0) is 41.9. The summed E-state index contributed by atoms with van der Waals surface area (Å²) < 4.78 is 17.3. The van der Waals surface area contributed by atoms with Gasteiger partial charge >= 0.3 is 0 Å². The van der Waals surface area contributed by atoms with Crippen molar-refractivity contribution in [1.82, 2.24) is 15.2 Å². The second-order valence-corrected chi connectivity index (χ2v) is 15.8. The molecule has 0 spiro atoms. The molecule has 14 nitrogen and oxygen atoms in total. The second kappa shape index (κ2) is 17.3. The van der Waals surface area contributed by atoms with Crippen molar-refractivity contribution in [2.45, 2.75) is 45.6 Å². The van der Waals surface area contributed by atoms with E-state index >= 15 is 0 Å². The predicted octanol–water partition coefficient (Wildman–Crippen LogP) is 5.69. The Labute approximate surface area is 349 Å². The number of imide groups is 2. The largest absolute Gasteiger partial charge is 0.491 e. The lowest BCUT2D eigenvalue weighted by Gasteiger charge is -2.27. The molecule has 0 saturated carbocycles. The van der Waals surface area contributed by atoms with Gasteiger partial charge in [-0.15, -0.1) is 11.3 Å². The minimum atomic E-state index is -1.06. The highest BCUT2D eigenvalue weighted by Gasteiger charge is 2.46. The molecule has 3 aliphatic heterocycles. The van der Waals surface area contributed by atoms with Crippen LogP contribution in [0.5, 0.6) is 11.5 Å². The molecule has 1 saturated heterocycles. The Bertz CT molecular complexity index is 2550. The summed E-state index contributed by atoms with van der Waals surface area (Å²) in [6.45, 7) is 5.26. The highest BCUT2D eigenvalue weighted by atomic mass is 32.1. The van der Waals surface area contributed by atoms with E-state index in [0.717, 1.165) is 49.8 Å². The van der Waals surface area contributed by atoms with Crippen molar-refractivity contribution in [3.63, 3.8) is 0 Å². The standard InChI is InChI=1S/C45H41N5O9S/c1-26-7-3-4-10-32(26)42(54)49-18-17-29-25-30(13-14-34(29)49)40-27(2)60-45(48-40)47-38(52)24-28-8-5-9-31(23-28)58-21-19-57-20-22-59-36-12-6-11-33-39(36)44(56)50(43(33)55)35-15-16-37(51)46-41(35)53/h3-14,23,25,35H,15-22,24H2,1-2H3,(H,46,51,53)(H,47,48,52). The number of hydrogen-bond acceptors (Lipinski definition) is 11. The summed E-state index contributed by atoms with van der Waals surface area (Å²) in [5.74, 6) is -1.81. The molecule has 306 valence electrons. The Morgan fingerprint density at radius 2 is 1.67 bits per heavy atom. The molecule has 4 aromatic carbocycles. The summed E-state index contributed by atoms with van der Waals surface area (Å²) >= 11 is 1.41. The maximum atomic E-state index is 13.3. The maximum Gasteiger partial charge on any atom is 0.266 e. The lowest BCUT2D eigenvalue weighted by molar-refractivity contribution is -0.136. The fourth-order valence-corrected chi connectivity index (χ4v) is 8.52. The van der Waals surface area contributed by atoms with Crippen LogP contribution in [-0.4, -0.2) is 84.3 Å². The second-order valence-electron chi connectivity index (χ2n) is 14.6. The number of carbonyl (C=O) groups is 6. The minimum Gasteiger partial charge on any atom is -0.491 e. The first kappa shape index (κ1) is 40.1. The van der Waals surface area contributed by atoms with Crippen molar-refractivity contribution in [2.75, 3.05) is 43.2 Å². The Morgan fingerprint density at radius 1 is 0.867 bits per heavy atom. The van der Waals surface area contributed by atoms with Crippen molar-refractivity contribution in [3.8, 4) is 22.8 Å². The number of carbonyl (C=O) groups excluding carboxylic acids is 6. The highest BCUT2D eigenvalue weighted by molar-refractivity contribution is 7.16. The van der Waals surface area contributed by atoms with Crippen LogP contribution in [0.4, 0.5) is 10.8 Å². The minimum absolute atomic E-state index is 0.00230. The third-order valence-corrected chi connectivity index (χ3v) is 11.5. The number of rotatable bonds is 14. The molecule has 15 heteroatoms. The monoisotopic (exact) mass is 827 g/mol. The zero-order valence-corrected chi connectivity index (χ0v) is 33.8. The molecule has 0 aliphatic carbocycles. The third-order valence-electron chi connectivity index (χ3n) is 10.6. The average molecular weight is 828 g/mol. The molecule has 0 bridgehead atoms. The number of aromatic nitrogens is 1. The SMILES string of the molecule is Cc1ccccc1C(=O)N1CCc2cc(-c3nc(NC(=O)Cc4cccc(OCCOCCOc5cccc6c5C(=O)N(C5CCC(=O)NC5=O)C6=O)c4)sc3C)ccc21. The molecule has 60 heavy (non-hydrogen) atoms. The van der Waals surface area contributed by atoms with Crippen molar-refractivity contribution < 1.29 is 43.0 Å². The number of hydrogen-bond donors (Lipinski definition) is 2. The molecule has 1 fully saturated rings. The molecular weight excluding hydrogens is 787 g/mol. The molecule has 1 unspecified atom stereocenters. The molecule has 1 atom stereocenters. The number of benzene rings is 4. The number of anilines is 2. The summed E-state index contributed by atoms with van der Waals surface area (Å²) in [6, 6.07) is 24.5. The average Bonchev–Trinajstić information content (AvgIpc) is 3.90. The van der Waals surface area contributed by atoms with Gasteiger partial charge in [0.2, 0.25) is 17.7 Å². The fourth-order valence-electron chi connectivity index (χ4n) is 7.67. The van der Waals surface area contributed by atoms with E-state index in [1.807, 2.05) is 67.3 Å². The Kier molecular flexibility index (Phi) is 11.5. The zero-order valence-electron chi connectivity index (χ0n) is 32.9. The lowest BCUT2D eigenvalue weighted by atomic mass is 10.0. The van der Waals surface area contributed by atoms with Gasteiger partial charge in [-0.25, -0.2) is 4.98 Å². The van der Waals surface area contributed by atoms with Gasteiger partial charge in [-0.3, -0.25) is 39.0 Å².